The average Bonchev–Trinajstić information content (AvgIpc) is 3.57. The second-order valence-corrected chi connectivity index (χ2v) is 11.0. The van der Waals surface area contributed by atoms with E-state index in [4.69, 9.17) is 15.6 Å². The standard InChI is InChI=1S/C27H31N5O5S/c1-38(35,36)31-24(23(18-9-4-2-5-10-18)19-11-6-3-7-12-19)27(34)32-16-8-13-21(32)26(33)30-17-20-14-15-22(37-20)25(28)29/h2-7,9-12,14-15,21,23-24,31H,8,13,16-17H2,1H3,(H3,28,29)(H,30,33)/t21?,24-/m1/s1. The lowest BCUT2D eigenvalue weighted by molar-refractivity contribution is -0.140. The van der Waals surface area contributed by atoms with Crippen molar-refractivity contribution in [3.8, 4) is 0 Å². The van der Waals surface area contributed by atoms with Crippen LogP contribution in [0.3, 0.4) is 0 Å². The Balaban J connectivity index is 1.61. The second-order valence-electron chi connectivity index (χ2n) is 9.25. The first-order chi connectivity index (χ1) is 18.1. The number of carbonyl (C=O) groups is 2. The van der Waals surface area contributed by atoms with E-state index >= 15 is 0 Å². The normalized spacial score (nSPS) is 16.4. The number of nitrogens with two attached hydrogens (primary N) is 1. The van der Waals surface area contributed by atoms with E-state index in [1.165, 1.54) is 4.90 Å². The highest BCUT2D eigenvalue weighted by atomic mass is 32.2. The Morgan fingerprint density at radius 1 is 1.05 bits per heavy atom. The van der Waals surface area contributed by atoms with E-state index in [0.29, 0.717) is 25.1 Å². The SMILES string of the molecule is CS(=O)(=O)N[C@@H](C(=O)N1CCCC1C(=O)NCc1ccc(C(=N)N)o1)C(c1ccccc1)c1ccccc1. The monoisotopic (exact) mass is 537 g/mol. The van der Waals surface area contributed by atoms with Gasteiger partial charge in [-0.25, -0.2) is 13.1 Å². The predicted octanol–water partition coefficient (Wildman–Crippen LogP) is 1.92. The maximum absolute atomic E-state index is 14.0. The predicted molar refractivity (Wildman–Crippen MR) is 143 cm³/mol. The summed E-state index contributed by atoms with van der Waals surface area (Å²) in [4.78, 5) is 28.6. The van der Waals surface area contributed by atoms with Gasteiger partial charge in [-0.3, -0.25) is 15.0 Å². The first-order valence-electron chi connectivity index (χ1n) is 12.2. The Morgan fingerprint density at radius 2 is 1.66 bits per heavy atom. The molecule has 1 unspecified atom stereocenters. The van der Waals surface area contributed by atoms with Crippen molar-refractivity contribution >= 4 is 27.7 Å². The second kappa shape index (κ2) is 11.6. The van der Waals surface area contributed by atoms with Crippen molar-refractivity contribution in [2.24, 2.45) is 5.73 Å². The molecule has 3 aromatic rings. The Morgan fingerprint density at radius 3 is 2.18 bits per heavy atom. The van der Waals surface area contributed by atoms with E-state index in [1.807, 2.05) is 60.7 Å². The van der Waals surface area contributed by atoms with Crippen LogP contribution < -0.4 is 15.8 Å². The third kappa shape index (κ3) is 6.48. The van der Waals surface area contributed by atoms with Gasteiger partial charge in [0.1, 0.15) is 17.8 Å². The van der Waals surface area contributed by atoms with Crippen molar-refractivity contribution in [3.05, 3.63) is 95.4 Å². The van der Waals surface area contributed by atoms with Crippen molar-refractivity contribution in [2.45, 2.75) is 37.4 Å². The van der Waals surface area contributed by atoms with Gasteiger partial charge >= 0.3 is 0 Å². The number of hydrogen-bond donors (Lipinski definition) is 4. The van der Waals surface area contributed by atoms with Gasteiger partial charge < -0.3 is 20.4 Å². The van der Waals surface area contributed by atoms with Gasteiger partial charge in [0, 0.05) is 12.5 Å². The lowest BCUT2D eigenvalue weighted by atomic mass is 9.84. The summed E-state index contributed by atoms with van der Waals surface area (Å²) < 4.78 is 32.9. The molecule has 0 radical (unpaired) electrons. The Kier molecular flexibility index (Phi) is 8.28. The van der Waals surface area contributed by atoms with Gasteiger partial charge in [-0.05, 0) is 36.1 Å². The molecule has 0 spiro atoms. The van der Waals surface area contributed by atoms with Gasteiger partial charge in [-0.2, -0.15) is 0 Å². The number of nitrogens with one attached hydrogen (secondary N) is 3. The zero-order chi connectivity index (χ0) is 27.3. The number of benzene rings is 2. The molecule has 2 atom stereocenters. The number of carbonyl (C=O) groups excluding carboxylic acids is 2. The molecule has 0 saturated carbocycles. The Labute approximate surface area is 221 Å². The van der Waals surface area contributed by atoms with Gasteiger partial charge in [0.15, 0.2) is 11.6 Å². The Bertz CT molecular complexity index is 1350. The maximum Gasteiger partial charge on any atom is 0.243 e. The Hall–Kier alpha value is -3.96. The minimum Gasteiger partial charge on any atom is -0.456 e. The fourth-order valence-corrected chi connectivity index (χ4v) is 5.48. The maximum atomic E-state index is 14.0. The third-order valence-electron chi connectivity index (χ3n) is 6.46. The number of likely N-dealkylation sites (tertiary alicyclic amines) is 1. The van der Waals surface area contributed by atoms with Crippen LogP contribution in [0.5, 0.6) is 0 Å². The average molecular weight is 538 g/mol. The van der Waals surface area contributed by atoms with E-state index in [9.17, 15) is 18.0 Å². The quantitative estimate of drug-likeness (QED) is 0.228. The largest absolute Gasteiger partial charge is 0.456 e. The van der Waals surface area contributed by atoms with Crippen molar-refractivity contribution in [1.29, 1.82) is 5.41 Å². The molecule has 10 nitrogen and oxygen atoms in total. The molecule has 0 bridgehead atoms. The first kappa shape index (κ1) is 27.1. The van der Waals surface area contributed by atoms with Crippen LogP contribution in [0.2, 0.25) is 0 Å². The number of amides is 2. The van der Waals surface area contributed by atoms with E-state index in [2.05, 4.69) is 10.0 Å². The number of sulfonamides is 1. The van der Waals surface area contributed by atoms with Crippen LogP contribution in [0.25, 0.3) is 0 Å². The number of rotatable bonds is 10. The zero-order valence-corrected chi connectivity index (χ0v) is 21.8. The molecule has 2 heterocycles. The van der Waals surface area contributed by atoms with Crippen molar-refractivity contribution in [2.75, 3.05) is 12.8 Å². The highest BCUT2D eigenvalue weighted by molar-refractivity contribution is 7.88. The number of hydrogen-bond acceptors (Lipinski definition) is 6. The minimum absolute atomic E-state index is 0.0618. The van der Waals surface area contributed by atoms with Crippen LogP contribution in [0.4, 0.5) is 0 Å². The summed E-state index contributed by atoms with van der Waals surface area (Å²) in [5, 5.41) is 10.2. The molecule has 0 aliphatic carbocycles. The number of amidine groups is 1. The van der Waals surface area contributed by atoms with Crippen LogP contribution in [0.1, 0.15) is 41.4 Å². The molecule has 5 N–H and O–H groups in total. The summed E-state index contributed by atoms with van der Waals surface area (Å²) in [7, 11) is -3.79. The van der Waals surface area contributed by atoms with Crippen LogP contribution in [-0.4, -0.2) is 55.9 Å². The molecule has 4 rings (SSSR count). The smallest absolute Gasteiger partial charge is 0.243 e. The molecule has 1 aliphatic heterocycles. The zero-order valence-electron chi connectivity index (χ0n) is 21.0. The molecule has 200 valence electrons. The molecule has 1 aromatic heterocycles. The molecule has 1 aliphatic rings. The summed E-state index contributed by atoms with van der Waals surface area (Å²) in [6, 6.07) is 19.7. The van der Waals surface area contributed by atoms with Crippen LogP contribution in [-0.2, 0) is 26.2 Å². The van der Waals surface area contributed by atoms with E-state index < -0.39 is 33.9 Å². The van der Waals surface area contributed by atoms with Crippen LogP contribution in [0, 0.1) is 5.41 Å². The lowest BCUT2D eigenvalue weighted by Crippen LogP contribution is -2.55. The molecule has 2 aromatic carbocycles. The van der Waals surface area contributed by atoms with Crippen molar-refractivity contribution in [3.63, 3.8) is 0 Å². The molecule has 38 heavy (non-hydrogen) atoms. The fraction of sp³-hybridized carbons (Fsp3) is 0.296. The van der Waals surface area contributed by atoms with Gasteiger partial charge in [0.05, 0.1) is 12.8 Å². The minimum atomic E-state index is -3.79. The molecule has 2 amide bonds. The van der Waals surface area contributed by atoms with E-state index in [0.717, 1.165) is 17.4 Å². The number of nitrogen functional groups attached to an aromatic ring is 1. The van der Waals surface area contributed by atoms with E-state index in [-0.39, 0.29) is 24.0 Å². The van der Waals surface area contributed by atoms with Crippen molar-refractivity contribution < 1.29 is 22.4 Å². The van der Waals surface area contributed by atoms with Gasteiger partial charge in [0.25, 0.3) is 0 Å². The van der Waals surface area contributed by atoms with Crippen molar-refractivity contribution in [1.82, 2.24) is 14.9 Å². The molecular weight excluding hydrogens is 506 g/mol. The highest BCUT2D eigenvalue weighted by Gasteiger charge is 2.41. The molecule has 1 saturated heterocycles. The van der Waals surface area contributed by atoms with Crippen LogP contribution >= 0.6 is 0 Å². The first-order valence-corrected chi connectivity index (χ1v) is 14.1. The fourth-order valence-electron chi connectivity index (χ4n) is 4.78. The summed E-state index contributed by atoms with van der Waals surface area (Å²) in [5.41, 5.74) is 6.97. The van der Waals surface area contributed by atoms with Gasteiger partial charge in [-0.1, -0.05) is 60.7 Å². The van der Waals surface area contributed by atoms with Gasteiger partial charge in [-0.15, -0.1) is 0 Å². The summed E-state index contributed by atoms with van der Waals surface area (Å²) in [5.74, 6) is -1.05. The third-order valence-corrected chi connectivity index (χ3v) is 7.14. The summed E-state index contributed by atoms with van der Waals surface area (Å²) >= 11 is 0. The molecule has 1 fully saturated rings. The van der Waals surface area contributed by atoms with Gasteiger partial charge in [0.2, 0.25) is 21.8 Å². The molecular formula is C27H31N5O5S. The highest BCUT2D eigenvalue weighted by Crippen LogP contribution is 2.31. The summed E-state index contributed by atoms with van der Waals surface area (Å²) in [6.07, 6.45) is 2.07. The lowest BCUT2D eigenvalue weighted by Gasteiger charge is -2.33. The topological polar surface area (TPSA) is 159 Å². The summed E-state index contributed by atoms with van der Waals surface area (Å²) in [6.45, 7) is 0.386. The number of furan rings is 1. The molecule has 11 heteroatoms. The van der Waals surface area contributed by atoms with E-state index in [1.54, 1.807) is 12.1 Å². The van der Waals surface area contributed by atoms with Crippen LogP contribution in [0.15, 0.2) is 77.2 Å². The number of nitrogens with zero attached hydrogens (tertiary/aromatic N) is 1.